The van der Waals surface area contributed by atoms with Gasteiger partial charge in [0.25, 0.3) is 11.8 Å². The van der Waals surface area contributed by atoms with Crippen LogP contribution in [0.5, 0.6) is 0 Å². The number of anilines is 1. The average Bonchev–Trinajstić information content (AvgIpc) is 2.73. The molecule has 0 unspecified atom stereocenters. The second-order valence-corrected chi connectivity index (χ2v) is 5.95. The second kappa shape index (κ2) is 5.80. The highest BCUT2D eigenvalue weighted by atomic mass is 32.1. The van der Waals surface area contributed by atoms with Crippen molar-refractivity contribution in [2.75, 3.05) is 46.1 Å². The average molecular weight is 297 g/mol. The summed E-state index contributed by atoms with van der Waals surface area (Å²) in [7, 11) is 3.36. The van der Waals surface area contributed by atoms with Gasteiger partial charge in [-0.1, -0.05) is 0 Å². The first-order valence-electron chi connectivity index (χ1n) is 6.41. The van der Waals surface area contributed by atoms with Gasteiger partial charge in [-0.25, -0.2) is 0 Å². The van der Waals surface area contributed by atoms with E-state index in [4.69, 9.17) is 10.5 Å². The summed E-state index contributed by atoms with van der Waals surface area (Å²) in [4.78, 5) is 28.3. The molecule has 1 aliphatic heterocycles. The summed E-state index contributed by atoms with van der Waals surface area (Å²) in [5.74, 6) is -0.238. The summed E-state index contributed by atoms with van der Waals surface area (Å²) < 4.78 is 5.24. The number of morpholine rings is 1. The zero-order valence-corrected chi connectivity index (χ0v) is 12.7. The maximum atomic E-state index is 12.5. The summed E-state index contributed by atoms with van der Waals surface area (Å²) in [5.41, 5.74) is 7.09. The molecule has 1 saturated heterocycles. The van der Waals surface area contributed by atoms with Gasteiger partial charge >= 0.3 is 0 Å². The van der Waals surface area contributed by atoms with E-state index in [0.717, 1.165) is 0 Å². The smallest absolute Gasteiger partial charge is 0.263 e. The van der Waals surface area contributed by atoms with Crippen LogP contribution < -0.4 is 5.73 Å². The maximum absolute atomic E-state index is 12.5. The summed E-state index contributed by atoms with van der Waals surface area (Å²) >= 11 is 1.18. The normalized spacial score (nSPS) is 15.2. The van der Waals surface area contributed by atoms with Gasteiger partial charge in [0.15, 0.2) is 0 Å². The highest BCUT2D eigenvalue weighted by Crippen LogP contribution is 2.32. The first kappa shape index (κ1) is 14.8. The zero-order chi connectivity index (χ0) is 14.9. The minimum atomic E-state index is -0.125. The lowest BCUT2D eigenvalue weighted by Crippen LogP contribution is -2.41. The predicted octanol–water partition coefficient (Wildman–Crippen LogP) is 0.813. The van der Waals surface area contributed by atoms with Crippen LogP contribution in [0.1, 0.15) is 25.6 Å². The van der Waals surface area contributed by atoms with Gasteiger partial charge in [-0.05, 0) is 12.5 Å². The molecule has 1 aromatic rings. The number of amides is 2. The Morgan fingerprint density at radius 3 is 2.45 bits per heavy atom. The third-order valence-electron chi connectivity index (χ3n) is 3.29. The number of ether oxygens (including phenoxy) is 1. The third kappa shape index (κ3) is 2.64. The number of nitrogen functional groups attached to an aromatic ring is 1. The fourth-order valence-electron chi connectivity index (χ4n) is 2.13. The maximum Gasteiger partial charge on any atom is 0.263 e. The molecule has 1 fully saturated rings. The van der Waals surface area contributed by atoms with E-state index in [2.05, 4.69) is 0 Å². The van der Waals surface area contributed by atoms with Crippen molar-refractivity contribution in [2.24, 2.45) is 0 Å². The first-order valence-corrected chi connectivity index (χ1v) is 7.22. The number of hydrogen-bond donors (Lipinski definition) is 1. The molecule has 0 radical (unpaired) electrons. The van der Waals surface area contributed by atoms with E-state index in [9.17, 15) is 9.59 Å². The summed E-state index contributed by atoms with van der Waals surface area (Å²) in [6.07, 6.45) is 0. The van der Waals surface area contributed by atoms with E-state index in [0.29, 0.717) is 47.3 Å². The third-order valence-corrected chi connectivity index (χ3v) is 4.40. The predicted molar refractivity (Wildman–Crippen MR) is 78.2 cm³/mol. The first-order chi connectivity index (χ1) is 9.43. The second-order valence-electron chi connectivity index (χ2n) is 4.90. The SMILES string of the molecule is Cc1c(C(=O)N(C)C)sc(N)c1C(=O)N1CCOCC1. The standard InChI is InChI=1S/C13H19N3O3S/c1-8-9(12(17)16-4-6-19-7-5-16)11(14)20-10(8)13(18)15(2)3/h4-7,14H2,1-3H3. The Morgan fingerprint density at radius 1 is 1.30 bits per heavy atom. The molecule has 2 rings (SSSR count). The largest absolute Gasteiger partial charge is 0.390 e. The van der Waals surface area contributed by atoms with Crippen LogP contribution in [0, 0.1) is 6.92 Å². The van der Waals surface area contributed by atoms with Gasteiger partial charge in [0.1, 0.15) is 0 Å². The van der Waals surface area contributed by atoms with Crippen LogP contribution in [0.4, 0.5) is 5.00 Å². The van der Waals surface area contributed by atoms with Gasteiger partial charge in [0.05, 0.1) is 28.7 Å². The lowest BCUT2D eigenvalue weighted by Gasteiger charge is -2.27. The van der Waals surface area contributed by atoms with Gasteiger partial charge in [0, 0.05) is 27.2 Å². The molecule has 1 aliphatic rings. The molecule has 0 aliphatic carbocycles. The summed E-state index contributed by atoms with van der Waals surface area (Å²) in [5, 5.41) is 0.407. The van der Waals surface area contributed by atoms with Crippen molar-refractivity contribution in [3.8, 4) is 0 Å². The fourth-order valence-corrected chi connectivity index (χ4v) is 3.22. The topological polar surface area (TPSA) is 75.9 Å². The van der Waals surface area contributed by atoms with Gasteiger partial charge in [0.2, 0.25) is 0 Å². The van der Waals surface area contributed by atoms with Crippen LogP contribution >= 0.6 is 11.3 Å². The Balaban J connectivity index is 2.32. The van der Waals surface area contributed by atoms with Crippen molar-refractivity contribution in [3.63, 3.8) is 0 Å². The van der Waals surface area contributed by atoms with Gasteiger partial charge in [-0.3, -0.25) is 9.59 Å². The van der Waals surface area contributed by atoms with E-state index >= 15 is 0 Å². The monoisotopic (exact) mass is 297 g/mol. The highest BCUT2D eigenvalue weighted by Gasteiger charge is 2.27. The molecule has 0 spiro atoms. The number of carbonyl (C=O) groups excluding carboxylic acids is 2. The van der Waals surface area contributed by atoms with Crippen molar-refractivity contribution in [3.05, 3.63) is 16.0 Å². The van der Waals surface area contributed by atoms with Crippen molar-refractivity contribution in [1.29, 1.82) is 0 Å². The fraction of sp³-hybridized carbons (Fsp3) is 0.538. The minimum absolute atomic E-state index is 0.114. The molecular weight excluding hydrogens is 278 g/mol. The Morgan fingerprint density at radius 2 is 1.90 bits per heavy atom. The van der Waals surface area contributed by atoms with Crippen LogP contribution in [-0.4, -0.2) is 62.0 Å². The molecular formula is C13H19N3O3S. The van der Waals surface area contributed by atoms with E-state index in [1.807, 2.05) is 0 Å². The molecule has 0 atom stereocenters. The molecule has 20 heavy (non-hydrogen) atoms. The molecule has 0 saturated carbocycles. The molecule has 2 N–H and O–H groups in total. The molecule has 110 valence electrons. The van der Waals surface area contributed by atoms with Gasteiger partial charge in [-0.15, -0.1) is 11.3 Å². The zero-order valence-electron chi connectivity index (χ0n) is 11.9. The Hall–Kier alpha value is -1.60. The summed E-state index contributed by atoms with van der Waals surface area (Å²) in [6, 6.07) is 0. The molecule has 0 aromatic carbocycles. The van der Waals surface area contributed by atoms with Crippen molar-refractivity contribution in [2.45, 2.75) is 6.92 Å². The molecule has 2 amide bonds. The van der Waals surface area contributed by atoms with E-state index in [1.165, 1.54) is 16.2 Å². The number of carbonyl (C=O) groups is 2. The van der Waals surface area contributed by atoms with Crippen LogP contribution in [-0.2, 0) is 4.74 Å². The molecule has 6 nitrogen and oxygen atoms in total. The van der Waals surface area contributed by atoms with Crippen LogP contribution in [0.25, 0.3) is 0 Å². The molecule has 1 aromatic heterocycles. The van der Waals surface area contributed by atoms with E-state index < -0.39 is 0 Å². The van der Waals surface area contributed by atoms with E-state index in [1.54, 1.807) is 25.9 Å². The highest BCUT2D eigenvalue weighted by molar-refractivity contribution is 7.18. The molecule has 7 heteroatoms. The Bertz CT molecular complexity index is 533. The molecule has 2 heterocycles. The van der Waals surface area contributed by atoms with E-state index in [-0.39, 0.29) is 11.8 Å². The molecule has 0 bridgehead atoms. The van der Waals surface area contributed by atoms with Crippen LogP contribution in [0.15, 0.2) is 0 Å². The number of hydrogen-bond acceptors (Lipinski definition) is 5. The lowest BCUT2D eigenvalue weighted by atomic mass is 10.1. The van der Waals surface area contributed by atoms with Crippen LogP contribution in [0.3, 0.4) is 0 Å². The number of thiophene rings is 1. The number of nitrogens with two attached hydrogens (primary N) is 1. The minimum Gasteiger partial charge on any atom is -0.390 e. The van der Waals surface area contributed by atoms with Gasteiger partial charge in [-0.2, -0.15) is 0 Å². The van der Waals surface area contributed by atoms with Crippen molar-refractivity contribution < 1.29 is 14.3 Å². The number of rotatable bonds is 2. The van der Waals surface area contributed by atoms with Crippen LogP contribution in [0.2, 0.25) is 0 Å². The summed E-state index contributed by atoms with van der Waals surface area (Å²) in [6.45, 7) is 3.98. The Labute approximate surface area is 122 Å². The quantitative estimate of drug-likeness (QED) is 0.876. The Kier molecular flexibility index (Phi) is 4.29. The van der Waals surface area contributed by atoms with Crippen molar-refractivity contribution >= 4 is 28.2 Å². The lowest BCUT2D eigenvalue weighted by molar-refractivity contribution is 0.0303. The number of nitrogens with zero attached hydrogens (tertiary/aromatic N) is 2. The van der Waals surface area contributed by atoms with Gasteiger partial charge < -0.3 is 20.3 Å². The van der Waals surface area contributed by atoms with Crippen molar-refractivity contribution in [1.82, 2.24) is 9.80 Å².